The smallest absolute Gasteiger partial charge is 0.00556 e. The van der Waals surface area contributed by atoms with Gasteiger partial charge in [-0.15, -0.1) is 0 Å². The first-order chi connectivity index (χ1) is 10.3. The van der Waals surface area contributed by atoms with Crippen LogP contribution in [-0.2, 0) is 0 Å². The molecule has 2 aliphatic rings. The van der Waals surface area contributed by atoms with E-state index < -0.39 is 0 Å². The molecule has 0 spiro atoms. The first-order valence-electron chi connectivity index (χ1n) is 9.86. The van der Waals surface area contributed by atoms with Crippen molar-refractivity contribution in [2.24, 2.45) is 0 Å². The van der Waals surface area contributed by atoms with E-state index in [2.05, 4.69) is 48.5 Å². The Hall–Kier alpha value is 0.860. The van der Waals surface area contributed by atoms with Gasteiger partial charge in [0.15, 0.2) is 0 Å². The van der Waals surface area contributed by atoms with Gasteiger partial charge in [0, 0.05) is 0 Å². The highest BCUT2D eigenvalue weighted by Gasteiger charge is 2.54. The van der Waals surface area contributed by atoms with Crippen molar-refractivity contribution in [3.05, 3.63) is 0 Å². The van der Waals surface area contributed by atoms with Crippen molar-refractivity contribution in [3.8, 4) is 0 Å². The highest BCUT2D eigenvalue weighted by molar-refractivity contribution is 7.65. The third kappa shape index (κ3) is 3.18. The monoisotopic (exact) mass is 342 g/mol. The van der Waals surface area contributed by atoms with Crippen molar-refractivity contribution < 1.29 is 0 Å². The molecule has 0 nitrogen and oxygen atoms in total. The molecular formula is C20H40P2. The van der Waals surface area contributed by atoms with Crippen LogP contribution in [0.25, 0.3) is 0 Å². The Bertz CT molecular complexity index is 349. The third-order valence-electron chi connectivity index (χ3n) is 7.27. The van der Waals surface area contributed by atoms with Crippen LogP contribution in [0.5, 0.6) is 0 Å². The molecule has 0 bridgehead atoms. The van der Waals surface area contributed by atoms with Crippen molar-refractivity contribution in [1.82, 2.24) is 0 Å². The average molecular weight is 342 g/mol. The molecule has 2 fully saturated rings. The summed E-state index contributed by atoms with van der Waals surface area (Å²) < 4.78 is 0. The lowest BCUT2D eigenvalue weighted by Crippen LogP contribution is -2.45. The lowest BCUT2D eigenvalue weighted by atomic mass is 9.98. The quantitative estimate of drug-likeness (QED) is 0.440. The van der Waals surface area contributed by atoms with E-state index in [1.54, 1.807) is 6.16 Å². The van der Waals surface area contributed by atoms with Crippen LogP contribution < -0.4 is 0 Å². The predicted molar refractivity (Wildman–Crippen MR) is 108 cm³/mol. The van der Waals surface area contributed by atoms with E-state index >= 15 is 0 Å². The van der Waals surface area contributed by atoms with E-state index in [4.69, 9.17) is 0 Å². The average Bonchev–Trinajstić information content (AvgIpc) is 3.12. The highest BCUT2D eigenvalue weighted by Crippen LogP contribution is 2.75. The first-order valence-corrected chi connectivity index (χ1v) is 12.9. The molecule has 0 radical (unpaired) electrons. The van der Waals surface area contributed by atoms with Crippen LogP contribution >= 0.6 is 15.8 Å². The van der Waals surface area contributed by atoms with E-state index in [-0.39, 0.29) is 15.8 Å². The Kier molecular flexibility index (Phi) is 6.45. The molecule has 2 heteroatoms. The summed E-state index contributed by atoms with van der Waals surface area (Å²) in [6, 6.07) is 0. The topological polar surface area (TPSA) is 0 Å². The number of rotatable bonds is 6. The molecule has 2 rings (SSSR count). The van der Waals surface area contributed by atoms with Crippen LogP contribution in [0.1, 0.15) is 93.4 Å². The normalized spacial score (nSPS) is 34.5. The Labute approximate surface area is 143 Å². The molecule has 0 saturated carbocycles. The Morgan fingerprint density at radius 3 is 1.68 bits per heavy atom. The summed E-state index contributed by atoms with van der Waals surface area (Å²) in [6.45, 7) is 18.1. The molecular weight excluding hydrogens is 302 g/mol. The van der Waals surface area contributed by atoms with Crippen LogP contribution in [0, 0.1) is 0 Å². The summed E-state index contributed by atoms with van der Waals surface area (Å²) in [5.41, 5.74) is 3.15. The lowest BCUT2D eigenvalue weighted by molar-refractivity contribution is 0.519. The molecule has 4 atom stereocenters. The second kappa shape index (κ2) is 7.40. The Morgan fingerprint density at radius 1 is 0.727 bits per heavy atom. The molecule has 0 aromatic heterocycles. The van der Waals surface area contributed by atoms with Crippen LogP contribution in [0.3, 0.4) is 0 Å². The number of hydrogen-bond donors (Lipinski definition) is 0. The van der Waals surface area contributed by atoms with Crippen LogP contribution in [-0.4, -0.2) is 33.5 Å². The fourth-order valence-electron chi connectivity index (χ4n) is 5.34. The van der Waals surface area contributed by atoms with Crippen LogP contribution in [0.15, 0.2) is 0 Å². The highest BCUT2D eigenvalue weighted by atomic mass is 31.1. The van der Waals surface area contributed by atoms with Crippen molar-refractivity contribution in [1.29, 1.82) is 0 Å². The van der Waals surface area contributed by atoms with E-state index in [0.29, 0.717) is 10.3 Å². The van der Waals surface area contributed by atoms with Gasteiger partial charge in [-0.05, 0) is 78.4 Å². The molecule has 0 aromatic carbocycles. The van der Waals surface area contributed by atoms with Crippen LogP contribution in [0.4, 0.5) is 0 Å². The Balaban J connectivity index is 2.29. The van der Waals surface area contributed by atoms with Gasteiger partial charge in [0.1, 0.15) is 0 Å². The predicted octanol–water partition coefficient (Wildman–Crippen LogP) is 7.43. The third-order valence-corrected chi connectivity index (χ3v) is 16.4. The molecule has 130 valence electrons. The van der Waals surface area contributed by atoms with Gasteiger partial charge in [0.05, 0.1) is 0 Å². The zero-order chi connectivity index (χ0) is 16.5. The Morgan fingerprint density at radius 2 is 1.23 bits per heavy atom. The zero-order valence-electron chi connectivity index (χ0n) is 16.3. The van der Waals surface area contributed by atoms with E-state index in [1.807, 2.05) is 0 Å². The second-order valence-corrected chi connectivity index (χ2v) is 15.3. The van der Waals surface area contributed by atoms with Crippen LogP contribution in [0.2, 0.25) is 0 Å². The summed E-state index contributed by atoms with van der Waals surface area (Å²) in [6.07, 6.45) is 11.9. The molecule has 0 aromatic rings. The largest absolute Gasteiger partial charge is 0.0968 e. The zero-order valence-corrected chi connectivity index (χ0v) is 18.1. The van der Waals surface area contributed by atoms with Gasteiger partial charge < -0.3 is 0 Å². The molecule has 0 N–H and O–H groups in total. The SMILES string of the molecule is CC[C@@H]1CCCP1C(C)(C)C(C)(C)P1[C@H](CC)CC[C@H]1CC. The second-order valence-electron chi connectivity index (χ2n) is 8.62. The lowest BCUT2D eigenvalue weighted by Gasteiger charge is -2.54. The minimum atomic E-state index is 0.173. The number of hydrogen-bond acceptors (Lipinski definition) is 0. The maximum Gasteiger partial charge on any atom is -0.00556 e. The summed E-state index contributed by atoms with van der Waals surface area (Å²) in [5, 5.41) is 1.13. The standard InChI is InChI=1S/C20H40P2/c1-8-16-12-11-15-21(16)19(4,5)20(6,7)22-17(9-2)13-14-18(22)10-3/h16-18H,8-15H2,1-7H3/t16-,17-,18-,21?/m1/s1. The summed E-state index contributed by atoms with van der Waals surface area (Å²) in [5.74, 6) is 0. The summed E-state index contributed by atoms with van der Waals surface area (Å²) in [7, 11) is 0.385. The van der Waals surface area contributed by atoms with E-state index in [9.17, 15) is 0 Å². The van der Waals surface area contributed by atoms with Crippen molar-refractivity contribution in [2.45, 2.75) is 121 Å². The van der Waals surface area contributed by atoms with Crippen molar-refractivity contribution in [3.63, 3.8) is 0 Å². The van der Waals surface area contributed by atoms with Gasteiger partial charge in [0.2, 0.25) is 0 Å². The van der Waals surface area contributed by atoms with Gasteiger partial charge in [-0.3, -0.25) is 0 Å². The van der Waals surface area contributed by atoms with Gasteiger partial charge in [-0.25, -0.2) is 0 Å². The molecule has 0 amide bonds. The van der Waals surface area contributed by atoms with Crippen molar-refractivity contribution in [2.75, 3.05) is 6.16 Å². The maximum atomic E-state index is 2.68. The van der Waals surface area contributed by atoms with Gasteiger partial charge in [-0.2, -0.15) is 0 Å². The van der Waals surface area contributed by atoms with E-state index in [1.165, 1.54) is 44.9 Å². The van der Waals surface area contributed by atoms with Gasteiger partial charge in [-0.1, -0.05) is 64.3 Å². The molecule has 0 aliphatic carbocycles. The molecule has 22 heavy (non-hydrogen) atoms. The summed E-state index contributed by atoms with van der Waals surface area (Å²) >= 11 is 0. The summed E-state index contributed by atoms with van der Waals surface area (Å²) in [4.78, 5) is 0. The van der Waals surface area contributed by atoms with Gasteiger partial charge in [0.25, 0.3) is 0 Å². The minimum Gasteiger partial charge on any atom is -0.0968 e. The first kappa shape index (κ1) is 19.2. The fraction of sp³-hybridized carbons (Fsp3) is 1.00. The molecule has 2 saturated heterocycles. The van der Waals surface area contributed by atoms with Crippen molar-refractivity contribution >= 4 is 15.8 Å². The minimum absolute atomic E-state index is 0.173. The molecule has 2 heterocycles. The van der Waals surface area contributed by atoms with E-state index in [0.717, 1.165) is 17.0 Å². The maximum absolute atomic E-state index is 2.68. The molecule has 1 unspecified atom stereocenters. The fourth-order valence-corrected chi connectivity index (χ4v) is 14.8. The van der Waals surface area contributed by atoms with Gasteiger partial charge >= 0.3 is 0 Å². The molecule has 2 aliphatic heterocycles.